The zero-order chi connectivity index (χ0) is 11.7. The van der Waals surface area contributed by atoms with Crippen LogP contribution in [0, 0.1) is 5.82 Å². The van der Waals surface area contributed by atoms with E-state index in [0.29, 0.717) is 5.75 Å². The summed E-state index contributed by atoms with van der Waals surface area (Å²) in [5.41, 5.74) is 0.871. The average molecular weight is 244 g/mol. The van der Waals surface area contributed by atoms with Gasteiger partial charge in [-0.2, -0.15) is 0 Å². The molecule has 0 aliphatic carbocycles. The second-order valence-corrected chi connectivity index (χ2v) is 4.29. The molecule has 2 unspecified atom stereocenters. The molecular formula is C12H15ClFNO. The minimum atomic E-state index is -0.446. The van der Waals surface area contributed by atoms with E-state index in [1.165, 1.54) is 0 Å². The van der Waals surface area contributed by atoms with Gasteiger partial charge < -0.3 is 10.1 Å². The Morgan fingerprint density at radius 3 is 2.81 bits per heavy atom. The van der Waals surface area contributed by atoms with Crippen molar-refractivity contribution in [2.45, 2.75) is 32.4 Å². The lowest BCUT2D eigenvalue weighted by Gasteiger charge is -2.17. The Kier molecular flexibility index (Phi) is 3.36. The number of fused-ring (bicyclic) bond motifs is 1. The minimum Gasteiger partial charge on any atom is -0.485 e. The van der Waals surface area contributed by atoms with E-state index in [0.717, 1.165) is 18.5 Å². The molecule has 1 aromatic carbocycles. The van der Waals surface area contributed by atoms with E-state index in [2.05, 4.69) is 5.32 Å². The number of hydrogen-bond donors (Lipinski definition) is 1. The highest BCUT2D eigenvalue weighted by atomic mass is 35.5. The summed E-state index contributed by atoms with van der Waals surface area (Å²) in [6.45, 7) is 4.88. The van der Waals surface area contributed by atoms with E-state index in [1.807, 2.05) is 19.9 Å². The summed E-state index contributed by atoms with van der Waals surface area (Å²) in [7, 11) is 0. The molecule has 2 nitrogen and oxygen atoms in total. The van der Waals surface area contributed by atoms with Gasteiger partial charge >= 0.3 is 0 Å². The lowest BCUT2D eigenvalue weighted by atomic mass is 10.0. The Morgan fingerprint density at radius 1 is 1.44 bits per heavy atom. The number of likely N-dealkylation sites (N-methyl/N-ethyl adjacent to an activating group) is 1. The maximum absolute atomic E-state index is 13.7. The van der Waals surface area contributed by atoms with Crippen LogP contribution in [0.2, 0.25) is 5.02 Å². The molecule has 0 aromatic heterocycles. The van der Waals surface area contributed by atoms with Gasteiger partial charge in [-0.15, -0.1) is 0 Å². The number of hydrogen-bond acceptors (Lipinski definition) is 2. The predicted octanol–water partition coefficient (Wildman–Crippen LogP) is 3.30. The van der Waals surface area contributed by atoms with Gasteiger partial charge in [0.2, 0.25) is 0 Å². The predicted molar refractivity (Wildman–Crippen MR) is 62.5 cm³/mol. The Bertz CT molecular complexity index is 397. The second-order valence-electron chi connectivity index (χ2n) is 3.88. The first-order chi connectivity index (χ1) is 7.69. The third kappa shape index (κ3) is 1.78. The molecule has 0 bridgehead atoms. The fraction of sp³-hybridized carbons (Fsp3) is 0.500. The molecule has 88 valence electrons. The SMILES string of the molecule is CCNC1c2ccc(Cl)c(F)c2OC1CC. The lowest BCUT2D eigenvalue weighted by molar-refractivity contribution is 0.180. The maximum Gasteiger partial charge on any atom is 0.183 e. The van der Waals surface area contributed by atoms with Crippen LogP contribution in [0.3, 0.4) is 0 Å². The number of benzene rings is 1. The summed E-state index contributed by atoms with van der Waals surface area (Å²) in [6.07, 6.45) is 0.826. The van der Waals surface area contributed by atoms with Crippen LogP contribution in [0.1, 0.15) is 31.9 Å². The number of halogens is 2. The zero-order valence-electron chi connectivity index (χ0n) is 9.39. The van der Waals surface area contributed by atoms with Crippen LogP contribution in [-0.4, -0.2) is 12.6 Å². The van der Waals surface area contributed by atoms with Crippen LogP contribution >= 0.6 is 11.6 Å². The van der Waals surface area contributed by atoms with E-state index in [4.69, 9.17) is 16.3 Å². The molecule has 4 heteroatoms. The summed E-state index contributed by atoms with van der Waals surface area (Å²) in [4.78, 5) is 0. The monoisotopic (exact) mass is 243 g/mol. The van der Waals surface area contributed by atoms with Crippen molar-refractivity contribution in [1.82, 2.24) is 5.32 Å². The van der Waals surface area contributed by atoms with Gasteiger partial charge in [-0.05, 0) is 19.0 Å². The Hall–Kier alpha value is -0.800. The molecule has 0 amide bonds. The first kappa shape index (κ1) is 11.7. The van der Waals surface area contributed by atoms with Crippen molar-refractivity contribution in [3.63, 3.8) is 0 Å². The normalized spacial score (nSPS) is 23.0. The standard InChI is InChI=1S/C12H15ClFNO/c1-3-9-11(15-4-2)7-5-6-8(13)10(14)12(7)16-9/h5-6,9,11,15H,3-4H2,1-2H3. The van der Waals surface area contributed by atoms with E-state index in [9.17, 15) is 4.39 Å². The van der Waals surface area contributed by atoms with Gasteiger partial charge in [0.15, 0.2) is 11.6 Å². The molecule has 1 N–H and O–H groups in total. The van der Waals surface area contributed by atoms with E-state index in [1.54, 1.807) is 6.07 Å². The highest BCUT2D eigenvalue weighted by Crippen LogP contribution is 2.41. The van der Waals surface area contributed by atoms with Gasteiger partial charge in [0.25, 0.3) is 0 Å². The summed E-state index contributed by atoms with van der Waals surface area (Å²) in [6, 6.07) is 3.49. The van der Waals surface area contributed by atoms with E-state index >= 15 is 0 Å². The zero-order valence-corrected chi connectivity index (χ0v) is 10.1. The fourth-order valence-electron chi connectivity index (χ4n) is 2.11. The number of rotatable bonds is 3. The van der Waals surface area contributed by atoms with Gasteiger partial charge in [-0.25, -0.2) is 4.39 Å². The van der Waals surface area contributed by atoms with Crippen molar-refractivity contribution < 1.29 is 9.13 Å². The Balaban J connectivity index is 2.41. The number of ether oxygens (including phenoxy) is 1. The maximum atomic E-state index is 13.7. The summed E-state index contributed by atoms with van der Waals surface area (Å²) >= 11 is 5.73. The van der Waals surface area contributed by atoms with Crippen molar-refractivity contribution >= 4 is 11.6 Å². The topological polar surface area (TPSA) is 21.3 Å². The largest absolute Gasteiger partial charge is 0.485 e. The van der Waals surface area contributed by atoms with Crippen LogP contribution in [0.25, 0.3) is 0 Å². The highest BCUT2D eigenvalue weighted by molar-refractivity contribution is 6.30. The smallest absolute Gasteiger partial charge is 0.183 e. The molecule has 0 saturated carbocycles. The van der Waals surface area contributed by atoms with Crippen molar-refractivity contribution in [1.29, 1.82) is 0 Å². The molecule has 0 saturated heterocycles. The summed E-state index contributed by atoms with van der Waals surface area (Å²) in [5.74, 6) is -0.136. The van der Waals surface area contributed by atoms with Crippen LogP contribution in [0.4, 0.5) is 4.39 Å². The second kappa shape index (κ2) is 4.60. The molecule has 1 aliphatic rings. The van der Waals surface area contributed by atoms with Crippen LogP contribution in [0.15, 0.2) is 12.1 Å². The number of nitrogens with one attached hydrogen (secondary N) is 1. The molecule has 0 spiro atoms. The van der Waals surface area contributed by atoms with Gasteiger partial charge in [-0.3, -0.25) is 0 Å². The summed E-state index contributed by atoms with van der Waals surface area (Å²) in [5, 5.41) is 3.43. The van der Waals surface area contributed by atoms with Crippen LogP contribution in [0.5, 0.6) is 5.75 Å². The van der Waals surface area contributed by atoms with Gasteiger partial charge in [0.05, 0.1) is 11.1 Å². The third-order valence-corrected chi connectivity index (χ3v) is 3.17. The van der Waals surface area contributed by atoms with E-state index in [-0.39, 0.29) is 17.2 Å². The fourth-order valence-corrected chi connectivity index (χ4v) is 2.26. The van der Waals surface area contributed by atoms with Gasteiger partial charge in [-0.1, -0.05) is 31.5 Å². The first-order valence-electron chi connectivity index (χ1n) is 5.57. The molecule has 2 atom stereocenters. The minimum absolute atomic E-state index is 0.0112. The van der Waals surface area contributed by atoms with Crippen molar-refractivity contribution in [3.8, 4) is 5.75 Å². The van der Waals surface area contributed by atoms with E-state index < -0.39 is 5.82 Å². The van der Waals surface area contributed by atoms with Crippen LogP contribution in [-0.2, 0) is 0 Å². The average Bonchev–Trinajstić information content (AvgIpc) is 2.63. The van der Waals surface area contributed by atoms with Crippen molar-refractivity contribution in [2.24, 2.45) is 0 Å². The first-order valence-corrected chi connectivity index (χ1v) is 5.94. The van der Waals surface area contributed by atoms with Crippen LogP contribution < -0.4 is 10.1 Å². The molecule has 16 heavy (non-hydrogen) atoms. The lowest BCUT2D eigenvalue weighted by Crippen LogP contribution is -2.30. The van der Waals surface area contributed by atoms with Gasteiger partial charge in [0.1, 0.15) is 6.10 Å². The molecule has 0 fully saturated rings. The Morgan fingerprint density at radius 2 is 2.19 bits per heavy atom. The molecule has 1 heterocycles. The molecule has 2 rings (SSSR count). The molecule has 1 aliphatic heterocycles. The van der Waals surface area contributed by atoms with Crippen molar-refractivity contribution in [3.05, 3.63) is 28.5 Å². The van der Waals surface area contributed by atoms with Crippen molar-refractivity contribution in [2.75, 3.05) is 6.54 Å². The Labute approximate surface area is 99.7 Å². The molecule has 1 aromatic rings. The molecular weight excluding hydrogens is 229 g/mol. The highest BCUT2D eigenvalue weighted by Gasteiger charge is 2.35. The summed E-state index contributed by atoms with van der Waals surface area (Å²) < 4.78 is 19.4. The molecule has 0 radical (unpaired) electrons. The quantitative estimate of drug-likeness (QED) is 0.880. The third-order valence-electron chi connectivity index (χ3n) is 2.88. The van der Waals surface area contributed by atoms with Gasteiger partial charge in [0, 0.05) is 5.56 Å².